The Bertz CT molecular complexity index is 3090. The number of pyridine rings is 1. The van der Waals surface area contributed by atoms with Crippen molar-refractivity contribution in [3.8, 4) is 28.1 Å². The second-order valence-corrected chi connectivity index (χ2v) is 14.5. The zero-order valence-electron chi connectivity index (χ0n) is 28.5. The van der Waals surface area contributed by atoms with E-state index in [0.29, 0.717) is 16.6 Å². The number of phenols is 1. The van der Waals surface area contributed by atoms with E-state index in [-0.39, 0.29) is 11.2 Å². The fraction of sp³-hybridized carbons (Fsp3) is 0.0870. The van der Waals surface area contributed by atoms with Gasteiger partial charge in [0, 0.05) is 39.7 Å². The second-order valence-electron chi connectivity index (χ2n) is 14.5. The van der Waals surface area contributed by atoms with Gasteiger partial charge in [-0.25, -0.2) is 4.98 Å². The smallest absolute Gasteiger partial charge is 0.149 e. The highest BCUT2D eigenvalue weighted by molar-refractivity contribution is 6.12. The molecule has 0 spiro atoms. The lowest BCUT2D eigenvalue weighted by Gasteiger charge is -2.19. The van der Waals surface area contributed by atoms with E-state index in [0.717, 1.165) is 76.8 Å². The van der Waals surface area contributed by atoms with Gasteiger partial charge in [0.25, 0.3) is 0 Å². The van der Waals surface area contributed by atoms with Crippen LogP contribution in [0.2, 0.25) is 0 Å². The van der Waals surface area contributed by atoms with Crippen LogP contribution in [0.4, 0.5) is 0 Å². The third-order valence-corrected chi connectivity index (χ3v) is 10.2. The third kappa shape index (κ3) is 4.69. The second kappa shape index (κ2) is 10.8. The highest BCUT2D eigenvalue weighted by Gasteiger charge is 2.18. The molecule has 0 amide bonds. The number of para-hydroxylation sites is 1. The van der Waals surface area contributed by atoms with Gasteiger partial charge in [0.1, 0.15) is 22.6 Å². The minimum Gasteiger partial charge on any atom is -0.507 e. The lowest BCUT2D eigenvalue weighted by atomic mass is 9.87. The van der Waals surface area contributed by atoms with Crippen molar-refractivity contribution in [1.82, 2.24) is 14.4 Å². The number of imidazole rings is 1. The van der Waals surface area contributed by atoms with E-state index in [1.165, 1.54) is 5.56 Å². The molecule has 4 heterocycles. The van der Waals surface area contributed by atoms with E-state index < -0.39 is 0 Å². The molecule has 5 nitrogen and oxygen atoms in total. The van der Waals surface area contributed by atoms with Crippen molar-refractivity contribution in [1.29, 1.82) is 0 Å². The van der Waals surface area contributed by atoms with E-state index in [2.05, 4.69) is 140 Å². The van der Waals surface area contributed by atoms with E-state index in [9.17, 15) is 5.11 Å². The highest BCUT2D eigenvalue weighted by Crippen LogP contribution is 2.39. The van der Waals surface area contributed by atoms with Gasteiger partial charge in [-0.3, -0.25) is 9.38 Å². The summed E-state index contributed by atoms with van der Waals surface area (Å²) in [7, 11) is 0. The molecule has 0 saturated carbocycles. The minimum absolute atomic E-state index is 0.0155. The zero-order valence-corrected chi connectivity index (χ0v) is 28.5. The van der Waals surface area contributed by atoms with Gasteiger partial charge in [-0.2, -0.15) is 0 Å². The highest BCUT2D eigenvalue weighted by atomic mass is 16.3. The van der Waals surface area contributed by atoms with Crippen molar-refractivity contribution < 1.29 is 9.52 Å². The van der Waals surface area contributed by atoms with Crippen molar-refractivity contribution in [3.05, 3.63) is 145 Å². The van der Waals surface area contributed by atoms with E-state index in [4.69, 9.17) is 14.4 Å². The summed E-state index contributed by atoms with van der Waals surface area (Å²) in [4.78, 5) is 10.1. The maximum absolute atomic E-state index is 11.7. The number of benzene rings is 6. The predicted octanol–water partition coefficient (Wildman–Crippen LogP) is 12.1. The summed E-state index contributed by atoms with van der Waals surface area (Å²) >= 11 is 0. The number of aromatic nitrogens is 3. The molecule has 0 radical (unpaired) electrons. The van der Waals surface area contributed by atoms with Gasteiger partial charge in [-0.15, -0.1) is 0 Å². The largest absolute Gasteiger partial charge is 0.507 e. The number of hydrogen-bond donors (Lipinski definition) is 1. The van der Waals surface area contributed by atoms with Crippen molar-refractivity contribution in [2.24, 2.45) is 0 Å². The number of hydrogen-bond acceptors (Lipinski definition) is 4. The standard InChI is InChI=1S/C46H33N3O2/c1-46(2,3)33-18-19-47-39(24-33)32-12-5-11-31(21-32)35-14-7-15-40-44(35)48-45-38-25-37-36-23-30(16-17-42(36)51-43(37)26-41(38)50)28-9-4-8-27(20-28)29-10-6-13-34(22-29)49(40)45/h4-26,50H,1-3H3. The maximum atomic E-state index is 11.7. The first kappa shape index (κ1) is 29.5. The molecule has 6 aromatic carbocycles. The molecule has 1 N–H and O–H groups in total. The minimum atomic E-state index is 0.0155. The molecule has 10 aromatic rings. The number of rotatable bonds is 2. The fourth-order valence-electron chi connectivity index (χ4n) is 7.55. The van der Waals surface area contributed by atoms with Crippen LogP contribution < -0.4 is 0 Å². The summed E-state index contributed by atoms with van der Waals surface area (Å²) in [5.41, 5.74) is 10.1. The van der Waals surface area contributed by atoms with Gasteiger partial charge in [0.05, 0.1) is 22.1 Å². The Hall–Kier alpha value is -6.46. The Labute approximate surface area is 293 Å². The zero-order chi connectivity index (χ0) is 34.4. The summed E-state index contributed by atoms with van der Waals surface area (Å²) < 4.78 is 8.43. The van der Waals surface area contributed by atoms with E-state index in [1.54, 1.807) is 6.07 Å². The Morgan fingerprint density at radius 2 is 1.33 bits per heavy atom. The Morgan fingerprint density at radius 1 is 0.608 bits per heavy atom. The number of fused-ring (bicyclic) bond motifs is 13. The van der Waals surface area contributed by atoms with Gasteiger partial charge in [0.15, 0.2) is 0 Å². The summed E-state index contributed by atoms with van der Waals surface area (Å²) in [6, 6.07) is 46.4. The van der Waals surface area contributed by atoms with Crippen LogP contribution in [0.15, 0.2) is 144 Å². The molecule has 0 fully saturated rings. The molecule has 0 aliphatic rings. The first-order valence-electron chi connectivity index (χ1n) is 17.3. The number of phenolic OH excluding ortho intramolecular Hbond substituents is 1. The van der Waals surface area contributed by atoms with Crippen LogP contribution in [0, 0.1) is 0 Å². The molecule has 4 aromatic heterocycles. The van der Waals surface area contributed by atoms with Gasteiger partial charge in [-0.05, 0) is 98.8 Å². The summed E-state index contributed by atoms with van der Waals surface area (Å²) in [5.74, 6) is 0.111. The van der Waals surface area contributed by atoms with E-state index in [1.807, 2.05) is 18.3 Å². The third-order valence-electron chi connectivity index (χ3n) is 10.2. The van der Waals surface area contributed by atoms with Gasteiger partial charge < -0.3 is 9.52 Å². The van der Waals surface area contributed by atoms with Crippen LogP contribution in [0.3, 0.4) is 0 Å². The Morgan fingerprint density at radius 3 is 2.18 bits per heavy atom. The molecule has 8 bridgehead atoms. The molecule has 51 heavy (non-hydrogen) atoms. The lowest BCUT2D eigenvalue weighted by molar-refractivity contribution is 0.481. The first-order valence-corrected chi connectivity index (χ1v) is 17.3. The molecular formula is C46H33N3O2. The summed E-state index contributed by atoms with van der Waals surface area (Å²) in [6.07, 6.45) is 1.90. The van der Waals surface area contributed by atoms with Crippen LogP contribution in [0.25, 0.3) is 93.5 Å². The van der Waals surface area contributed by atoms with Crippen molar-refractivity contribution in [2.45, 2.75) is 26.2 Å². The quantitative estimate of drug-likeness (QED) is 0.201. The summed E-state index contributed by atoms with van der Waals surface area (Å²) in [5, 5.41) is 18.7. The molecule has 0 aliphatic heterocycles. The van der Waals surface area contributed by atoms with Gasteiger partial charge >= 0.3 is 0 Å². The topological polar surface area (TPSA) is 63.6 Å². The molecule has 244 valence electrons. The number of aromatic hydroxyl groups is 1. The van der Waals surface area contributed by atoms with Crippen LogP contribution in [-0.2, 0) is 5.41 Å². The molecule has 10 rings (SSSR count). The number of furan rings is 1. The first-order chi connectivity index (χ1) is 24.8. The van der Waals surface area contributed by atoms with Crippen LogP contribution in [0.5, 0.6) is 5.75 Å². The lowest BCUT2D eigenvalue weighted by Crippen LogP contribution is -2.11. The van der Waals surface area contributed by atoms with Crippen LogP contribution in [0.1, 0.15) is 26.3 Å². The number of nitrogens with zero attached hydrogens (tertiary/aromatic N) is 3. The molecule has 0 saturated heterocycles. The average Bonchev–Trinajstić information content (AvgIpc) is 3.71. The van der Waals surface area contributed by atoms with Crippen molar-refractivity contribution in [2.75, 3.05) is 0 Å². The van der Waals surface area contributed by atoms with Crippen LogP contribution >= 0.6 is 0 Å². The Balaban J connectivity index is 1.33. The van der Waals surface area contributed by atoms with Gasteiger partial charge in [-0.1, -0.05) is 87.5 Å². The van der Waals surface area contributed by atoms with Crippen molar-refractivity contribution in [3.63, 3.8) is 0 Å². The predicted molar refractivity (Wildman–Crippen MR) is 210 cm³/mol. The van der Waals surface area contributed by atoms with Crippen LogP contribution in [-0.4, -0.2) is 19.5 Å². The average molecular weight is 660 g/mol. The monoisotopic (exact) mass is 659 g/mol. The fourth-order valence-corrected chi connectivity index (χ4v) is 7.55. The van der Waals surface area contributed by atoms with E-state index >= 15 is 0 Å². The normalized spacial score (nSPS) is 12.3. The van der Waals surface area contributed by atoms with Gasteiger partial charge in [0.2, 0.25) is 0 Å². The molecule has 5 heteroatoms. The SMILES string of the molecule is CC(C)(C)c1ccnc(-c2cccc(-c3cccc4c3nc3c5cc6c(cc5O)oc5ccc(cc56)c5cccc(c5)c5cccc(c5)n43)c2)c1. The Kier molecular flexibility index (Phi) is 6.22. The molecule has 0 atom stereocenters. The van der Waals surface area contributed by atoms with Crippen molar-refractivity contribution >= 4 is 71.1 Å². The molecular weight excluding hydrogens is 627 g/mol. The maximum Gasteiger partial charge on any atom is 0.149 e. The summed E-state index contributed by atoms with van der Waals surface area (Å²) in [6.45, 7) is 6.66. The molecule has 0 aliphatic carbocycles. The molecule has 0 unspecified atom stereocenters.